The topological polar surface area (TPSA) is 72.7 Å². The molecule has 0 aromatic heterocycles. The lowest BCUT2D eigenvalue weighted by Crippen LogP contribution is -2.22. The van der Waals surface area contributed by atoms with E-state index in [2.05, 4.69) is 0 Å². The summed E-state index contributed by atoms with van der Waals surface area (Å²) in [7, 11) is 0. The fourth-order valence-corrected chi connectivity index (χ4v) is 0.962. The Morgan fingerprint density at radius 1 is 1.45 bits per heavy atom. The van der Waals surface area contributed by atoms with Crippen LogP contribution in [-0.4, -0.2) is 23.9 Å². The molecule has 2 N–H and O–H groups in total. The van der Waals surface area contributed by atoms with Crippen molar-refractivity contribution in [3.05, 3.63) is 0 Å². The Morgan fingerprint density at radius 3 is 2.45 bits per heavy atom. The number of rotatable bonds is 4. The lowest BCUT2D eigenvalue weighted by Gasteiger charge is -1.89. The molecule has 1 aliphatic rings. The number of ketones is 1. The minimum atomic E-state index is -0.644. The molecule has 1 amide bonds. The number of primary amides is 1. The summed E-state index contributed by atoms with van der Waals surface area (Å²) in [5.74, 6) is -0.559. The van der Waals surface area contributed by atoms with Gasteiger partial charge in [0, 0.05) is 6.42 Å². The minimum Gasteiger partial charge on any atom is -0.367 e. The first-order chi connectivity index (χ1) is 5.16. The lowest BCUT2D eigenvalue weighted by atomic mass is 10.1. The summed E-state index contributed by atoms with van der Waals surface area (Å²) in [6.45, 7) is 1.90. The molecule has 4 nitrogen and oxygen atoms in total. The van der Waals surface area contributed by atoms with Gasteiger partial charge < -0.3 is 10.5 Å². The molecule has 0 unspecified atom stereocenters. The van der Waals surface area contributed by atoms with Crippen LogP contribution in [0.5, 0.6) is 0 Å². The van der Waals surface area contributed by atoms with E-state index in [0.717, 1.165) is 6.42 Å². The quantitative estimate of drug-likeness (QED) is 0.565. The molecule has 2 atom stereocenters. The number of hydrogen-bond donors (Lipinski definition) is 1. The Kier molecular flexibility index (Phi) is 2.24. The van der Waals surface area contributed by atoms with Crippen LogP contribution in [0.4, 0.5) is 0 Å². The van der Waals surface area contributed by atoms with Crippen LogP contribution in [0.3, 0.4) is 0 Å². The van der Waals surface area contributed by atoms with Crippen molar-refractivity contribution in [1.29, 1.82) is 0 Å². The van der Waals surface area contributed by atoms with Gasteiger partial charge in [-0.3, -0.25) is 9.59 Å². The molecule has 1 rings (SSSR count). The first-order valence-electron chi connectivity index (χ1n) is 3.64. The second-order valence-corrected chi connectivity index (χ2v) is 2.60. The van der Waals surface area contributed by atoms with E-state index in [4.69, 9.17) is 10.5 Å². The molecule has 0 aromatic rings. The molecule has 0 saturated carbocycles. The third-order valence-corrected chi connectivity index (χ3v) is 1.59. The summed E-state index contributed by atoms with van der Waals surface area (Å²) in [6, 6.07) is 0. The van der Waals surface area contributed by atoms with E-state index < -0.39 is 18.1 Å². The van der Waals surface area contributed by atoms with Gasteiger partial charge in [0.2, 0.25) is 5.91 Å². The molecule has 11 heavy (non-hydrogen) atoms. The molecular weight excluding hydrogens is 146 g/mol. The fourth-order valence-electron chi connectivity index (χ4n) is 0.962. The van der Waals surface area contributed by atoms with Crippen molar-refractivity contribution in [2.45, 2.75) is 32.0 Å². The van der Waals surface area contributed by atoms with Crippen molar-refractivity contribution in [2.75, 3.05) is 0 Å². The second-order valence-electron chi connectivity index (χ2n) is 2.60. The first kappa shape index (κ1) is 8.20. The monoisotopic (exact) mass is 157 g/mol. The number of amides is 1. The molecular formula is C7H11NO3. The number of carbonyl (C=O) groups is 2. The minimum absolute atomic E-state index is 0.0173. The van der Waals surface area contributed by atoms with Gasteiger partial charge in [-0.25, -0.2) is 0 Å². The van der Waals surface area contributed by atoms with Crippen LogP contribution in [0.15, 0.2) is 0 Å². The second kappa shape index (κ2) is 3.00. The number of Topliss-reactive ketones (excluding diaryl/α,β-unsaturated/α-hetero) is 1. The van der Waals surface area contributed by atoms with Crippen molar-refractivity contribution in [1.82, 2.24) is 0 Å². The molecule has 1 saturated heterocycles. The molecule has 4 heteroatoms. The van der Waals surface area contributed by atoms with Crippen molar-refractivity contribution >= 4 is 11.7 Å². The Bertz CT molecular complexity index is 190. The maximum Gasteiger partial charge on any atom is 0.249 e. The Balaban J connectivity index is 2.32. The van der Waals surface area contributed by atoms with Crippen LogP contribution in [0.2, 0.25) is 0 Å². The molecule has 0 aliphatic carbocycles. The zero-order valence-corrected chi connectivity index (χ0v) is 6.37. The summed E-state index contributed by atoms with van der Waals surface area (Å²) >= 11 is 0. The molecule has 1 heterocycles. The van der Waals surface area contributed by atoms with E-state index in [1.54, 1.807) is 0 Å². The first-order valence-corrected chi connectivity index (χ1v) is 3.64. The third kappa shape index (κ3) is 1.77. The Hall–Kier alpha value is -0.900. The van der Waals surface area contributed by atoms with E-state index in [9.17, 15) is 9.59 Å². The van der Waals surface area contributed by atoms with E-state index in [1.807, 2.05) is 6.92 Å². The van der Waals surface area contributed by atoms with Gasteiger partial charge in [0.05, 0.1) is 0 Å². The Labute approximate surface area is 64.7 Å². The smallest absolute Gasteiger partial charge is 0.249 e. The van der Waals surface area contributed by atoms with Crippen LogP contribution in [0.1, 0.15) is 19.8 Å². The predicted octanol–water partition coefficient (Wildman–Crippen LogP) is -0.392. The van der Waals surface area contributed by atoms with Gasteiger partial charge >= 0.3 is 0 Å². The van der Waals surface area contributed by atoms with Gasteiger partial charge in [0.15, 0.2) is 18.0 Å². The number of epoxide rings is 1. The van der Waals surface area contributed by atoms with Gasteiger partial charge in [-0.15, -0.1) is 0 Å². The SMILES string of the molecule is CCCC(=O)[C@H]1O[C@H]1C(N)=O. The molecule has 0 bridgehead atoms. The highest BCUT2D eigenvalue weighted by Crippen LogP contribution is 2.23. The summed E-state index contributed by atoms with van der Waals surface area (Å²) in [5, 5.41) is 0. The normalized spacial score (nSPS) is 28.1. The maximum absolute atomic E-state index is 11.0. The molecule has 0 spiro atoms. The molecule has 62 valence electrons. The van der Waals surface area contributed by atoms with Crippen molar-refractivity contribution < 1.29 is 14.3 Å². The number of ether oxygens (including phenoxy) is 1. The van der Waals surface area contributed by atoms with Crippen LogP contribution in [-0.2, 0) is 14.3 Å². The van der Waals surface area contributed by atoms with Crippen LogP contribution in [0, 0.1) is 0 Å². The summed E-state index contributed by atoms with van der Waals surface area (Å²) in [6.07, 6.45) is 0.0695. The molecule has 1 aliphatic heterocycles. The van der Waals surface area contributed by atoms with Gasteiger partial charge in [0.1, 0.15) is 0 Å². The van der Waals surface area contributed by atoms with Crippen molar-refractivity contribution in [2.24, 2.45) is 5.73 Å². The average molecular weight is 157 g/mol. The number of carbonyl (C=O) groups excluding carboxylic acids is 2. The molecule has 0 aromatic carbocycles. The highest BCUT2D eigenvalue weighted by Gasteiger charge is 2.48. The highest BCUT2D eigenvalue weighted by atomic mass is 16.6. The maximum atomic E-state index is 11.0. The van der Waals surface area contributed by atoms with E-state index in [-0.39, 0.29) is 5.78 Å². The molecule has 0 radical (unpaired) electrons. The number of hydrogen-bond acceptors (Lipinski definition) is 3. The van der Waals surface area contributed by atoms with Crippen molar-refractivity contribution in [3.8, 4) is 0 Å². The highest BCUT2D eigenvalue weighted by molar-refractivity contribution is 5.95. The van der Waals surface area contributed by atoms with E-state index in [0.29, 0.717) is 6.42 Å². The largest absolute Gasteiger partial charge is 0.367 e. The predicted molar refractivity (Wildman–Crippen MR) is 37.8 cm³/mol. The van der Waals surface area contributed by atoms with Gasteiger partial charge in [-0.05, 0) is 6.42 Å². The van der Waals surface area contributed by atoms with Crippen molar-refractivity contribution in [3.63, 3.8) is 0 Å². The molecule has 1 fully saturated rings. The summed E-state index contributed by atoms with van der Waals surface area (Å²) in [4.78, 5) is 21.4. The van der Waals surface area contributed by atoms with Gasteiger partial charge in [-0.2, -0.15) is 0 Å². The fraction of sp³-hybridized carbons (Fsp3) is 0.714. The van der Waals surface area contributed by atoms with Gasteiger partial charge in [-0.1, -0.05) is 6.92 Å². The Morgan fingerprint density at radius 2 is 2.09 bits per heavy atom. The van der Waals surface area contributed by atoms with Crippen LogP contribution >= 0.6 is 0 Å². The van der Waals surface area contributed by atoms with E-state index in [1.165, 1.54) is 0 Å². The zero-order valence-electron chi connectivity index (χ0n) is 6.37. The third-order valence-electron chi connectivity index (χ3n) is 1.59. The van der Waals surface area contributed by atoms with Gasteiger partial charge in [0.25, 0.3) is 0 Å². The summed E-state index contributed by atoms with van der Waals surface area (Å²) < 4.78 is 4.77. The van der Waals surface area contributed by atoms with E-state index >= 15 is 0 Å². The zero-order chi connectivity index (χ0) is 8.43. The lowest BCUT2D eigenvalue weighted by molar-refractivity contribution is -0.121. The average Bonchev–Trinajstić information content (AvgIpc) is 2.65. The van der Waals surface area contributed by atoms with Crippen LogP contribution < -0.4 is 5.73 Å². The standard InChI is InChI=1S/C7H11NO3/c1-2-3-4(9)5-6(11-5)7(8)10/h5-6H,2-3H2,1H3,(H2,8,10)/t5-,6-/m1/s1. The number of nitrogens with two attached hydrogens (primary N) is 1. The van der Waals surface area contributed by atoms with Crippen LogP contribution in [0.25, 0.3) is 0 Å². The summed E-state index contributed by atoms with van der Waals surface area (Å²) in [5.41, 5.74) is 4.91.